The quantitative estimate of drug-likeness (QED) is 0.451. The minimum Gasteiger partial charge on any atom is -0.489 e. The summed E-state index contributed by atoms with van der Waals surface area (Å²) in [6, 6.07) is 7.69. The summed E-state index contributed by atoms with van der Waals surface area (Å²) in [6.07, 6.45) is 16.3. The van der Waals surface area contributed by atoms with Crippen LogP contribution < -0.4 is 9.46 Å². The highest BCUT2D eigenvalue weighted by Crippen LogP contribution is 2.47. The second-order valence-corrected chi connectivity index (χ2v) is 10.5. The molecule has 8 heteroatoms. The van der Waals surface area contributed by atoms with Gasteiger partial charge in [-0.2, -0.15) is 13.1 Å². The Balaban J connectivity index is 1.41. The first-order valence-electron chi connectivity index (χ1n) is 11.4. The van der Waals surface area contributed by atoms with Gasteiger partial charge in [-0.25, -0.2) is 4.98 Å². The van der Waals surface area contributed by atoms with Crippen molar-refractivity contribution < 1.29 is 17.7 Å². The van der Waals surface area contributed by atoms with Crippen molar-refractivity contribution in [3.8, 4) is 5.75 Å². The Morgan fingerprint density at radius 2 is 1.94 bits per heavy atom. The van der Waals surface area contributed by atoms with Crippen molar-refractivity contribution in [2.75, 3.05) is 13.2 Å². The first-order chi connectivity index (χ1) is 15.3. The summed E-state index contributed by atoms with van der Waals surface area (Å²) >= 11 is 0. The highest BCUT2D eigenvalue weighted by molar-refractivity contribution is 7.83. The third-order valence-electron chi connectivity index (χ3n) is 6.97. The highest BCUT2D eigenvalue weighted by atomic mass is 32.2. The lowest BCUT2D eigenvalue weighted by molar-refractivity contribution is 0.158. The molecule has 1 atom stereocenters. The van der Waals surface area contributed by atoms with Crippen molar-refractivity contribution in [1.29, 1.82) is 0 Å². The Morgan fingerprint density at radius 1 is 1.19 bits per heavy atom. The molecule has 0 bridgehead atoms. The van der Waals surface area contributed by atoms with Crippen LogP contribution in [-0.4, -0.2) is 35.7 Å². The van der Waals surface area contributed by atoms with E-state index in [1.807, 2.05) is 42.1 Å². The number of aromatic nitrogens is 2. The van der Waals surface area contributed by atoms with E-state index < -0.39 is 10.3 Å². The Hall–Kier alpha value is -2.16. The van der Waals surface area contributed by atoms with Crippen LogP contribution in [0.4, 0.5) is 0 Å². The number of imidazole rings is 1. The lowest BCUT2D eigenvalue weighted by Crippen LogP contribution is -2.29. The van der Waals surface area contributed by atoms with E-state index in [0.717, 1.165) is 24.2 Å². The van der Waals surface area contributed by atoms with Gasteiger partial charge in [-0.05, 0) is 60.8 Å². The van der Waals surface area contributed by atoms with Gasteiger partial charge in [0.1, 0.15) is 18.2 Å². The molecule has 1 spiro atoms. The van der Waals surface area contributed by atoms with E-state index in [2.05, 4.69) is 15.8 Å². The first kappa shape index (κ1) is 23.0. The zero-order valence-corrected chi connectivity index (χ0v) is 19.5. The average molecular weight is 460 g/mol. The smallest absolute Gasteiger partial charge is 0.333 e. The molecule has 32 heavy (non-hydrogen) atoms. The molecule has 2 aliphatic carbocycles. The van der Waals surface area contributed by atoms with Gasteiger partial charge in [-0.1, -0.05) is 37.5 Å². The number of allylic oxidation sites excluding steroid dienone is 1. The summed E-state index contributed by atoms with van der Waals surface area (Å²) in [5.41, 5.74) is 2.80. The summed E-state index contributed by atoms with van der Waals surface area (Å²) in [7, 11) is -2.43. The van der Waals surface area contributed by atoms with E-state index in [0.29, 0.717) is 17.8 Å². The number of rotatable bonds is 8. The number of nitrogens with one attached hydrogen (secondary N) is 1. The number of nitrogens with zero attached hydrogens (tertiary/aromatic N) is 2. The summed E-state index contributed by atoms with van der Waals surface area (Å²) in [4.78, 5) is 4.36. The standard InChI is InChI=1S/C24H33N3O4S/c1-27-15-14-25-23(27)22(17-26-32(28,29)30)20-7-9-21(10-8-20)31-18-19-6-5-13-24(16-19)11-3-2-4-12-24/h6-10,14-15,22,26H,2-5,11-13,16-18H2,1H3,(H,28,29,30). The lowest BCUT2D eigenvalue weighted by atomic mass is 9.65. The van der Waals surface area contributed by atoms with Gasteiger partial charge in [-0.15, -0.1) is 0 Å². The number of aryl methyl sites for hydroxylation is 1. The maximum absolute atomic E-state index is 11.2. The molecule has 2 aromatic rings. The minimum absolute atomic E-state index is 0.0128. The molecular weight excluding hydrogens is 426 g/mol. The fraction of sp³-hybridized carbons (Fsp3) is 0.542. The van der Waals surface area contributed by atoms with Crippen LogP contribution in [0, 0.1) is 5.41 Å². The van der Waals surface area contributed by atoms with Crippen molar-refractivity contribution in [3.63, 3.8) is 0 Å². The lowest BCUT2D eigenvalue weighted by Gasteiger charge is -2.40. The third-order valence-corrected chi connectivity index (χ3v) is 7.50. The predicted octanol–water partition coefficient (Wildman–Crippen LogP) is 4.38. The Bertz CT molecular complexity index is 1040. The van der Waals surface area contributed by atoms with Crippen molar-refractivity contribution in [2.24, 2.45) is 12.5 Å². The van der Waals surface area contributed by atoms with Crippen molar-refractivity contribution in [1.82, 2.24) is 14.3 Å². The molecule has 0 amide bonds. The number of hydrogen-bond donors (Lipinski definition) is 2. The molecule has 0 radical (unpaired) electrons. The molecule has 0 saturated heterocycles. The van der Waals surface area contributed by atoms with E-state index in [9.17, 15) is 8.42 Å². The maximum atomic E-state index is 11.2. The van der Waals surface area contributed by atoms with Gasteiger partial charge in [-0.3, -0.25) is 4.55 Å². The van der Waals surface area contributed by atoms with Crippen LogP contribution in [0.3, 0.4) is 0 Å². The zero-order valence-electron chi connectivity index (χ0n) is 18.7. The van der Waals surface area contributed by atoms with Crippen molar-refractivity contribution in [2.45, 2.75) is 57.3 Å². The Kier molecular flexibility index (Phi) is 7.02. The SMILES string of the molecule is Cn1ccnc1C(CNS(=O)(=O)O)c1ccc(OCC2=CCCC3(CCCCC3)C2)cc1. The minimum atomic E-state index is -4.29. The summed E-state index contributed by atoms with van der Waals surface area (Å²) in [5, 5.41) is 0. The van der Waals surface area contributed by atoms with Crippen LogP contribution >= 0.6 is 0 Å². The summed E-state index contributed by atoms with van der Waals surface area (Å²) in [5.74, 6) is 1.16. The summed E-state index contributed by atoms with van der Waals surface area (Å²) < 4.78 is 41.7. The van der Waals surface area contributed by atoms with Gasteiger partial charge in [0.15, 0.2) is 0 Å². The summed E-state index contributed by atoms with van der Waals surface area (Å²) in [6.45, 7) is 0.632. The van der Waals surface area contributed by atoms with Crippen LogP contribution in [-0.2, 0) is 17.4 Å². The molecule has 7 nitrogen and oxygen atoms in total. The first-order valence-corrected chi connectivity index (χ1v) is 12.9. The normalized spacial score (nSPS) is 19.5. The second kappa shape index (κ2) is 9.77. The predicted molar refractivity (Wildman–Crippen MR) is 124 cm³/mol. The molecule has 0 aliphatic heterocycles. The van der Waals surface area contributed by atoms with Crippen LogP contribution in [0.5, 0.6) is 5.75 Å². The molecule has 1 aromatic carbocycles. The third kappa shape index (κ3) is 5.79. The van der Waals surface area contributed by atoms with Crippen LogP contribution in [0.2, 0.25) is 0 Å². The molecule has 2 N–H and O–H groups in total. The van der Waals surface area contributed by atoms with Gasteiger partial charge in [0.2, 0.25) is 0 Å². The fourth-order valence-electron chi connectivity index (χ4n) is 5.30. The van der Waals surface area contributed by atoms with E-state index in [1.54, 1.807) is 6.20 Å². The maximum Gasteiger partial charge on any atom is 0.333 e. The largest absolute Gasteiger partial charge is 0.489 e. The molecule has 1 saturated carbocycles. The number of ether oxygens (including phenoxy) is 1. The van der Waals surface area contributed by atoms with E-state index in [-0.39, 0.29) is 12.5 Å². The number of benzene rings is 1. The van der Waals surface area contributed by atoms with Crippen LogP contribution in [0.1, 0.15) is 68.7 Å². The van der Waals surface area contributed by atoms with E-state index in [4.69, 9.17) is 9.29 Å². The van der Waals surface area contributed by atoms with Gasteiger partial charge >= 0.3 is 10.3 Å². The molecule has 1 heterocycles. The van der Waals surface area contributed by atoms with E-state index >= 15 is 0 Å². The van der Waals surface area contributed by atoms with Gasteiger partial charge < -0.3 is 9.30 Å². The molecule has 1 unspecified atom stereocenters. The van der Waals surface area contributed by atoms with Crippen LogP contribution in [0.15, 0.2) is 48.3 Å². The highest BCUT2D eigenvalue weighted by Gasteiger charge is 2.34. The van der Waals surface area contributed by atoms with Crippen molar-refractivity contribution in [3.05, 3.63) is 59.7 Å². The van der Waals surface area contributed by atoms with E-state index in [1.165, 1.54) is 44.1 Å². The monoisotopic (exact) mass is 459 g/mol. The van der Waals surface area contributed by atoms with Gasteiger partial charge in [0.25, 0.3) is 0 Å². The zero-order chi connectivity index (χ0) is 22.6. The van der Waals surface area contributed by atoms with Crippen LogP contribution in [0.25, 0.3) is 0 Å². The topological polar surface area (TPSA) is 93.5 Å². The fourth-order valence-corrected chi connectivity index (χ4v) is 5.67. The van der Waals surface area contributed by atoms with Gasteiger partial charge in [0, 0.05) is 26.0 Å². The molecule has 4 rings (SSSR count). The van der Waals surface area contributed by atoms with Crippen molar-refractivity contribution >= 4 is 10.3 Å². The molecule has 2 aliphatic rings. The molecule has 174 valence electrons. The second-order valence-electron chi connectivity index (χ2n) is 9.27. The average Bonchev–Trinajstić information content (AvgIpc) is 3.19. The number of hydrogen-bond acceptors (Lipinski definition) is 4. The Morgan fingerprint density at radius 3 is 2.59 bits per heavy atom. The van der Waals surface area contributed by atoms with Gasteiger partial charge in [0.05, 0.1) is 5.92 Å². The molecular formula is C24H33N3O4S. The molecule has 1 aromatic heterocycles. The Labute approximate surface area is 190 Å². The molecule has 1 fully saturated rings.